The Balaban J connectivity index is 1.74. The molecule has 1 aliphatic rings. The second-order valence-corrected chi connectivity index (χ2v) is 10.4. The van der Waals surface area contributed by atoms with Crippen molar-refractivity contribution in [1.82, 2.24) is 4.90 Å². The van der Waals surface area contributed by atoms with E-state index in [1.54, 1.807) is 25.1 Å². The van der Waals surface area contributed by atoms with Gasteiger partial charge in [-0.1, -0.05) is 19.1 Å². The van der Waals surface area contributed by atoms with Gasteiger partial charge in [-0.15, -0.1) is 11.8 Å². The summed E-state index contributed by atoms with van der Waals surface area (Å²) in [6, 6.07) is 11.5. The Morgan fingerprint density at radius 2 is 1.87 bits per heavy atom. The van der Waals surface area contributed by atoms with Crippen molar-refractivity contribution >= 4 is 45.0 Å². The van der Waals surface area contributed by atoms with Crippen molar-refractivity contribution in [2.45, 2.75) is 33.2 Å². The molecule has 0 saturated carbocycles. The molecule has 1 atom stereocenters. The maximum Gasteiger partial charge on any atom is 0.255 e. The highest BCUT2D eigenvalue weighted by Crippen LogP contribution is 2.26. The van der Waals surface area contributed by atoms with Crippen LogP contribution < -0.4 is 10.0 Å². The molecule has 31 heavy (non-hydrogen) atoms. The normalized spacial score (nSPS) is 16.2. The van der Waals surface area contributed by atoms with Crippen LogP contribution >= 0.6 is 11.8 Å². The van der Waals surface area contributed by atoms with Gasteiger partial charge in [0.05, 0.1) is 11.6 Å². The van der Waals surface area contributed by atoms with Crippen LogP contribution in [0, 0.1) is 13.8 Å². The largest absolute Gasteiger partial charge is 0.324 e. The van der Waals surface area contributed by atoms with Gasteiger partial charge in [-0.25, -0.2) is 8.42 Å². The summed E-state index contributed by atoms with van der Waals surface area (Å²) in [5.41, 5.74) is 3.59. The molecule has 0 bridgehead atoms. The van der Waals surface area contributed by atoms with Crippen molar-refractivity contribution in [3.05, 3.63) is 59.2 Å². The molecule has 9 heteroatoms. The topological polar surface area (TPSA) is 95.6 Å². The van der Waals surface area contributed by atoms with E-state index in [4.69, 9.17) is 0 Å². The number of sulfonamides is 1. The third-order valence-electron chi connectivity index (χ3n) is 5.08. The van der Waals surface area contributed by atoms with Crippen molar-refractivity contribution < 1.29 is 18.0 Å². The van der Waals surface area contributed by atoms with Crippen molar-refractivity contribution in [3.63, 3.8) is 0 Å². The van der Waals surface area contributed by atoms with Crippen LogP contribution in [0.15, 0.2) is 42.5 Å². The van der Waals surface area contributed by atoms with Gasteiger partial charge in [0, 0.05) is 22.7 Å². The van der Waals surface area contributed by atoms with Gasteiger partial charge in [0.25, 0.3) is 5.91 Å². The second kappa shape index (κ2) is 9.74. The molecule has 1 aliphatic heterocycles. The van der Waals surface area contributed by atoms with E-state index in [2.05, 4.69) is 10.0 Å². The van der Waals surface area contributed by atoms with Crippen LogP contribution in [-0.4, -0.2) is 48.6 Å². The van der Waals surface area contributed by atoms with Crippen molar-refractivity contribution in [1.29, 1.82) is 0 Å². The van der Waals surface area contributed by atoms with Gasteiger partial charge in [0.1, 0.15) is 6.04 Å². The van der Waals surface area contributed by atoms with Crippen molar-refractivity contribution in [2.24, 2.45) is 0 Å². The predicted molar refractivity (Wildman–Crippen MR) is 126 cm³/mol. The molecule has 3 rings (SSSR count). The number of hydrogen-bond acceptors (Lipinski definition) is 5. The minimum atomic E-state index is -3.45. The molecule has 7 nitrogen and oxygen atoms in total. The molecule has 1 unspecified atom stereocenters. The number of anilines is 2. The molecule has 0 radical (unpaired) electrons. The summed E-state index contributed by atoms with van der Waals surface area (Å²) in [5, 5.41) is 2.91. The minimum Gasteiger partial charge on any atom is -0.324 e. The Bertz CT molecular complexity index is 1090. The first-order chi connectivity index (χ1) is 14.7. The third kappa shape index (κ3) is 5.80. The van der Waals surface area contributed by atoms with Crippen molar-refractivity contribution in [2.75, 3.05) is 27.4 Å². The average Bonchev–Trinajstić information content (AvgIpc) is 3.20. The highest BCUT2D eigenvalue weighted by molar-refractivity contribution is 7.99. The Hall–Kier alpha value is -2.52. The Morgan fingerprint density at radius 3 is 2.58 bits per heavy atom. The molecule has 2 N–H and O–H groups in total. The van der Waals surface area contributed by atoms with Crippen LogP contribution in [0.2, 0.25) is 0 Å². The first-order valence-electron chi connectivity index (χ1n) is 10.1. The molecule has 1 saturated heterocycles. The molecule has 1 fully saturated rings. The monoisotopic (exact) mass is 461 g/mol. The van der Waals surface area contributed by atoms with E-state index in [1.807, 2.05) is 32.0 Å². The molecule has 0 aliphatic carbocycles. The fraction of sp³-hybridized carbons (Fsp3) is 0.364. The summed E-state index contributed by atoms with van der Waals surface area (Å²) in [5.74, 6) is 0.374. The van der Waals surface area contributed by atoms with Crippen LogP contribution in [0.5, 0.6) is 0 Å². The highest BCUT2D eigenvalue weighted by Gasteiger charge is 2.35. The van der Waals surface area contributed by atoms with E-state index in [9.17, 15) is 18.0 Å². The summed E-state index contributed by atoms with van der Waals surface area (Å²) in [4.78, 5) is 27.5. The fourth-order valence-corrected chi connectivity index (χ4v) is 5.57. The fourth-order valence-electron chi connectivity index (χ4n) is 3.29. The lowest BCUT2D eigenvalue weighted by atomic mass is 10.1. The number of nitrogens with zero attached hydrogens (tertiary/aromatic N) is 1. The molecule has 2 aromatic carbocycles. The molecular weight excluding hydrogens is 434 g/mol. The second-order valence-electron chi connectivity index (χ2n) is 7.58. The zero-order valence-corrected chi connectivity index (χ0v) is 19.5. The maximum atomic E-state index is 13.1. The molecule has 0 aromatic heterocycles. The van der Waals surface area contributed by atoms with E-state index in [0.29, 0.717) is 35.0 Å². The van der Waals surface area contributed by atoms with E-state index < -0.39 is 16.1 Å². The predicted octanol–water partition coefficient (Wildman–Crippen LogP) is 3.61. The number of nitrogens with one attached hydrogen (secondary N) is 2. The Kier molecular flexibility index (Phi) is 7.27. The Morgan fingerprint density at radius 1 is 1.10 bits per heavy atom. The van der Waals surface area contributed by atoms with E-state index in [-0.39, 0.29) is 17.6 Å². The van der Waals surface area contributed by atoms with Gasteiger partial charge < -0.3 is 10.2 Å². The molecule has 2 amide bonds. The van der Waals surface area contributed by atoms with E-state index >= 15 is 0 Å². The minimum absolute atomic E-state index is 0.00860. The summed E-state index contributed by atoms with van der Waals surface area (Å²) in [6.45, 7) is 5.77. The number of thioether (sulfide) groups is 1. The van der Waals surface area contributed by atoms with Crippen LogP contribution in [0.25, 0.3) is 0 Å². The van der Waals surface area contributed by atoms with Gasteiger partial charge in [0.2, 0.25) is 15.9 Å². The lowest BCUT2D eigenvalue weighted by Gasteiger charge is -2.23. The van der Waals surface area contributed by atoms with Crippen LogP contribution in [0.3, 0.4) is 0 Å². The SMILES string of the molecule is CCCS(=O)(=O)Nc1cccc(C(=O)N2CSCC2C(=O)Nc2ccc(C)c(C)c2)c1. The van der Waals surface area contributed by atoms with E-state index in [1.165, 1.54) is 22.7 Å². The first kappa shape index (κ1) is 23.1. The zero-order valence-electron chi connectivity index (χ0n) is 17.8. The standard InChI is InChI=1S/C22H27N3O4S2/c1-4-10-31(28,29)24-19-7-5-6-17(12-19)22(27)25-14-30-13-20(25)21(26)23-18-9-8-15(2)16(3)11-18/h5-9,11-12,20,24H,4,10,13-14H2,1-3H3,(H,23,26). The summed E-state index contributed by atoms with van der Waals surface area (Å²) >= 11 is 1.51. The lowest BCUT2D eigenvalue weighted by Crippen LogP contribution is -2.44. The number of rotatable bonds is 7. The van der Waals surface area contributed by atoms with Crippen molar-refractivity contribution in [3.8, 4) is 0 Å². The summed E-state index contributed by atoms with van der Waals surface area (Å²) in [6.07, 6.45) is 0.496. The Labute approximate surface area is 187 Å². The average molecular weight is 462 g/mol. The third-order valence-corrected chi connectivity index (χ3v) is 7.58. The number of carbonyl (C=O) groups excluding carboxylic acids is 2. The van der Waals surface area contributed by atoms with Crippen LogP contribution in [-0.2, 0) is 14.8 Å². The van der Waals surface area contributed by atoms with Crippen LogP contribution in [0.4, 0.5) is 11.4 Å². The van der Waals surface area contributed by atoms with Gasteiger partial charge in [-0.2, -0.15) is 0 Å². The smallest absolute Gasteiger partial charge is 0.255 e. The highest BCUT2D eigenvalue weighted by atomic mass is 32.2. The maximum absolute atomic E-state index is 13.1. The van der Waals surface area contributed by atoms with Gasteiger partial charge in [0.15, 0.2) is 0 Å². The van der Waals surface area contributed by atoms with Gasteiger partial charge in [-0.3, -0.25) is 14.3 Å². The van der Waals surface area contributed by atoms with E-state index in [0.717, 1.165) is 11.1 Å². The van der Waals surface area contributed by atoms with Gasteiger partial charge >= 0.3 is 0 Å². The van der Waals surface area contributed by atoms with Gasteiger partial charge in [-0.05, 0) is 61.7 Å². The lowest BCUT2D eigenvalue weighted by molar-refractivity contribution is -0.119. The van der Waals surface area contributed by atoms with Crippen LogP contribution in [0.1, 0.15) is 34.8 Å². The quantitative estimate of drug-likeness (QED) is 0.657. The molecule has 166 valence electrons. The molecule has 2 aromatic rings. The summed E-state index contributed by atoms with van der Waals surface area (Å²) in [7, 11) is -3.45. The number of benzene rings is 2. The molecule has 0 spiro atoms. The summed E-state index contributed by atoms with van der Waals surface area (Å²) < 4.78 is 26.6. The molecular formula is C22H27N3O4S2. The first-order valence-corrected chi connectivity index (χ1v) is 12.9. The number of hydrogen-bond donors (Lipinski definition) is 2. The molecule has 1 heterocycles. The zero-order chi connectivity index (χ0) is 22.6. The number of aryl methyl sites for hydroxylation is 2. The number of carbonyl (C=O) groups is 2. The number of amides is 2.